The Morgan fingerprint density at radius 2 is 1.23 bits per heavy atom. The Labute approximate surface area is 229 Å². The maximum atomic E-state index is 13.2. The highest BCUT2D eigenvalue weighted by Gasteiger charge is 2.21. The van der Waals surface area contributed by atoms with Gasteiger partial charge in [0.2, 0.25) is 0 Å². The zero-order valence-electron chi connectivity index (χ0n) is 21.9. The van der Waals surface area contributed by atoms with E-state index in [9.17, 15) is 21.6 Å². The van der Waals surface area contributed by atoms with Gasteiger partial charge in [-0.2, -0.15) is 0 Å². The molecular weight excluding hydrogens is 534 g/mol. The van der Waals surface area contributed by atoms with Gasteiger partial charge in [-0.05, 0) is 98.5 Å². The highest BCUT2D eigenvalue weighted by molar-refractivity contribution is 7.93. The maximum Gasteiger partial charge on any atom is 0.262 e. The van der Waals surface area contributed by atoms with Gasteiger partial charge in [-0.3, -0.25) is 14.2 Å². The second-order valence-corrected chi connectivity index (χ2v) is 12.6. The van der Waals surface area contributed by atoms with Gasteiger partial charge in [0.1, 0.15) is 0 Å². The number of para-hydroxylation sites is 1. The Kier molecular flexibility index (Phi) is 7.80. The molecule has 0 atom stereocenters. The topological polar surface area (TPSA) is 121 Å². The molecule has 4 rings (SSSR count). The van der Waals surface area contributed by atoms with Crippen LogP contribution in [-0.2, 0) is 20.0 Å². The highest BCUT2D eigenvalue weighted by Crippen LogP contribution is 2.25. The monoisotopic (exact) mass is 563 g/mol. The summed E-state index contributed by atoms with van der Waals surface area (Å²) in [6.45, 7) is 7.14. The molecule has 0 radical (unpaired) electrons. The SMILES string of the molecule is Cc1ccc(C)c(NS(=O)(=O)c2cc(C(=O)Nc3ccc(S(=O)(=O)Nc4ccccc4C)cc3)ccc2C)c1. The molecule has 8 nitrogen and oxygen atoms in total. The van der Waals surface area contributed by atoms with Crippen LogP contribution in [0, 0.1) is 27.7 Å². The second-order valence-electron chi connectivity index (χ2n) is 9.30. The van der Waals surface area contributed by atoms with Crippen LogP contribution in [0.5, 0.6) is 0 Å². The first-order chi connectivity index (χ1) is 18.4. The lowest BCUT2D eigenvalue weighted by atomic mass is 10.1. The third-order valence-corrected chi connectivity index (χ3v) is 9.08. The van der Waals surface area contributed by atoms with Crippen molar-refractivity contribution in [3.05, 3.63) is 113 Å². The molecule has 0 fully saturated rings. The molecule has 0 saturated carbocycles. The molecule has 0 bridgehead atoms. The Bertz CT molecular complexity index is 1770. The Hall–Kier alpha value is -4.15. The number of amides is 1. The number of sulfonamides is 2. The number of aryl methyl sites for hydroxylation is 4. The van der Waals surface area contributed by atoms with Crippen LogP contribution in [0.2, 0.25) is 0 Å². The van der Waals surface area contributed by atoms with E-state index >= 15 is 0 Å². The van der Waals surface area contributed by atoms with Crippen LogP contribution in [0.25, 0.3) is 0 Å². The van der Waals surface area contributed by atoms with Crippen molar-refractivity contribution < 1.29 is 21.6 Å². The third-order valence-electron chi connectivity index (χ3n) is 6.19. The van der Waals surface area contributed by atoms with E-state index in [-0.39, 0.29) is 15.4 Å². The minimum atomic E-state index is -3.97. The lowest BCUT2D eigenvalue weighted by Gasteiger charge is -2.14. The molecule has 3 N–H and O–H groups in total. The summed E-state index contributed by atoms with van der Waals surface area (Å²) in [5.41, 5.74) is 4.40. The summed E-state index contributed by atoms with van der Waals surface area (Å²) in [5.74, 6) is -0.535. The van der Waals surface area contributed by atoms with Crippen LogP contribution < -0.4 is 14.8 Å². The van der Waals surface area contributed by atoms with Gasteiger partial charge in [-0.25, -0.2) is 16.8 Å². The highest BCUT2D eigenvalue weighted by atomic mass is 32.2. The van der Waals surface area contributed by atoms with Gasteiger partial charge in [0, 0.05) is 11.3 Å². The number of rotatable bonds is 8. The fourth-order valence-electron chi connectivity index (χ4n) is 3.89. The molecule has 0 unspecified atom stereocenters. The van der Waals surface area contributed by atoms with E-state index in [0.717, 1.165) is 16.7 Å². The summed E-state index contributed by atoms with van der Waals surface area (Å²) in [5, 5.41) is 2.69. The largest absolute Gasteiger partial charge is 0.322 e. The zero-order chi connectivity index (χ0) is 28.4. The lowest BCUT2D eigenvalue weighted by Crippen LogP contribution is -2.18. The van der Waals surface area contributed by atoms with Crippen molar-refractivity contribution in [3.63, 3.8) is 0 Å². The molecule has 202 valence electrons. The lowest BCUT2D eigenvalue weighted by molar-refractivity contribution is 0.102. The molecule has 4 aromatic rings. The first-order valence-electron chi connectivity index (χ1n) is 12.1. The fraction of sp³-hybridized carbons (Fsp3) is 0.138. The summed E-state index contributed by atoms with van der Waals surface area (Å²) in [6.07, 6.45) is 0. The van der Waals surface area contributed by atoms with Crippen molar-refractivity contribution in [1.82, 2.24) is 0 Å². The minimum Gasteiger partial charge on any atom is -0.322 e. The maximum absolute atomic E-state index is 13.2. The van der Waals surface area contributed by atoms with Gasteiger partial charge in [0.05, 0.1) is 21.2 Å². The number of anilines is 3. The van der Waals surface area contributed by atoms with Crippen molar-refractivity contribution in [2.24, 2.45) is 0 Å². The van der Waals surface area contributed by atoms with E-state index in [2.05, 4.69) is 14.8 Å². The van der Waals surface area contributed by atoms with Gasteiger partial charge >= 0.3 is 0 Å². The number of hydrogen-bond donors (Lipinski definition) is 3. The number of nitrogens with one attached hydrogen (secondary N) is 3. The molecular formula is C29H29N3O5S2. The molecule has 1 amide bonds. The van der Waals surface area contributed by atoms with Crippen LogP contribution in [0.15, 0.2) is 94.7 Å². The normalized spacial score (nSPS) is 11.6. The summed E-state index contributed by atoms with van der Waals surface area (Å²) in [4.78, 5) is 13.0. The number of hydrogen-bond acceptors (Lipinski definition) is 5. The van der Waals surface area contributed by atoms with Crippen molar-refractivity contribution in [1.29, 1.82) is 0 Å². The van der Waals surface area contributed by atoms with E-state index in [0.29, 0.717) is 22.6 Å². The molecule has 0 heterocycles. The Morgan fingerprint density at radius 3 is 1.92 bits per heavy atom. The minimum absolute atomic E-state index is 0.0141. The summed E-state index contributed by atoms with van der Waals surface area (Å²) >= 11 is 0. The van der Waals surface area contributed by atoms with Crippen molar-refractivity contribution in [3.8, 4) is 0 Å². The van der Waals surface area contributed by atoms with Crippen molar-refractivity contribution in [2.75, 3.05) is 14.8 Å². The van der Waals surface area contributed by atoms with Gasteiger partial charge in [-0.1, -0.05) is 36.4 Å². The van der Waals surface area contributed by atoms with E-state index in [1.807, 2.05) is 32.0 Å². The second kappa shape index (κ2) is 10.9. The molecule has 0 aromatic heterocycles. The average molecular weight is 564 g/mol. The van der Waals surface area contributed by atoms with E-state index < -0.39 is 26.0 Å². The smallest absolute Gasteiger partial charge is 0.262 e. The van der Waals surface area contributed by atoms with Gasteiger partial charge in [0.25, 0.3) is 26.0 Å². The predicted molar refractivity (Wildman–Crippen MR) is 154 cm³/mol. The van der Waals surface area contributed by atoms with Crippen LogP contribution in [-0.4, -0.2) is 22.7 Å². The van der Waals surface area contributed by atoms with Gasteiger partial charge < -0.3 is 5.32 Å². The first kappa shape index (κ1) is 27.9. The standard InChI is InChI=1S/C29H29N3O5S2/c1-19-9-10-21(3)27(17-19)32-39(36,37)28-18-23(12-11-22(28)4)29(33)30-24-13-15-25(16-14-24)38(34,35)31-26-8-6-5-7-20(26)2/h5-18,31-32H,1-4H3,(H,30,33). The van der Waals surface area contributed by atoms with Crippen molar-refractivity contribution in [2.45, 2.75) is 37.5 Å². The van der Waals surface area contributed by atoms with E-state index in [1.165, 1.54) is 36.4 Å². The van der Waals surface area contributed by atoms with Crippen LogP contribution in [0.3, 0.4) is 0 Å². The molecule has 0 spiro atoms. The average Bonchev–Trinajstić information content (AvgIpc) is 2.88. The number of carbonyl (C=O) groups is 1. The third kappa shape index (κ3) is 6.47. The molecule has 4 aromatic carbocycles. The van der Waals surface area contributed by atoms with Crippen LogP contribution in [0.1, 0.15) is 32.6 Å². The molecule has 39 heavy (non-hydrogen) atoms. The Morgan fingerprint density at radius 1 is 0.615 bits per heavy atom. The molecule has 0 saturated heterocycles. The van der Waals surface area contributed by atoms with Crippen molar-refractivity contribution >= 4 is 43.0 Å². The zero-order valence-corrected chi connectivity index (χ0v) is 23.6. The van der Waals surface area contributed by atoms with E-state index in [1.54, 1.807) is 44.2 Å². The molecule has 10 heteroatoms. The fourth-order valence-corrected chi connectivity index (χ4v) is 6.41. The van der Waals surface area contributed by atoms with Gasteiger partial charge in [0.15, 0.2) is 0 Å². The summed E-state index contributed by atoms with van der Waals surface area (Å²) < 4.78 is 57.1. The van der Waals surface area contributed by atoms with Crippen LogP contribution >= 0.6 is 0 Å². The molecule has 0 aliphatic carbocycles. The first-order valence-corrected chi connectivity index (χ1v) is 15.0. The quantitative estimate of drug-likeness (QED) is 0.251. The van der Waals surface area contributed by atoms with Crippen LogP contribution in [0.4, 0.5) is 17.1 Å². The number of benzene rings is 4. The molecule has 0 aliphatic heterocycles. The number of carbonyl (C=O) groups excluding carboxylic acids is 1. The molecule has 0 aliphatic rings. The summed E-state index contributed by atoms with van der Waals surface area (Å²) in [7, 11) is -7.79. The van der Waals surface area contributed by atoms with Gasteiger partial charge in [-0.15, -0.1) is 0 Å². The Balaban J connectivity index is 1.52. The predicted octanol–water partition coefficient (Wildman–Crippen LogP) is 5.77. The summed E-state index contributed by atoms with van der Waals surface area (Å²) in [6, 6.07) is 22.6. The van der Waals surface area contributed by atoms with E-state index in [4.69, 9.17) is 0 Å².